The summed E-state index contributed by atoms with van der Waals surface area (Å²) in [6.07, 6.45) is 2.82. The third kappa shape index (κ3) is 2.45. The Morgan fingerprint density at radius 1 is 1.37 bits per heavy atom. The van der Waals surface area contributed by atoms with Gasteiger partial charge in [0.1, 0.15) is 0 Å². The van der Waals surface area contributed by atoms with E-state index in [1.54, 1.807) is 11.3 Å². The molecule has 1 aliphatic rings. The van der Waals surface area contributed by atoms with Gasteiger partial charge < -0.3 is 5.11 Å². The molecular formula is C16H19NOS. The van der Waals surface area contributed by atoms with Crippen LogP contribution in [-0.4, -0.2) is 15.7 Å². The van der Waals surface area contributed by atoms with Gasteiger partial charge >= 0.3 is 0 Å². The first kappa shape index (κ1) is 12.8. The SMILES string of the molecule is CCC1(O)CC1Cc1ccc(-c2scnc2C)cc1. The van der Waals surface area contributed by atoms with Crippen LogP contribution in [0.3, 0.4) is 0 Å². The molecule has 3 heteroatoms. The molecule has 100 valence electrons. The van der Waals surface area contributed by atoms with Crippen LogP contribution < -0.4 is 0 Å². The summed E-state index contributed by atoms with van der Waals surface area (Å²) in [5.41, 5.74) is 5.17. The Kier molecular flexibility index (Phi) is 3.19. The number of nitrogens with zero attached hydrogens (tertiary/aromatic N) is 1. The van der Waals surface area contributed by atoms with Crippen LogP contribution in [0, 0.1) is 12.8 Å². The van der Waals surface area contributed by atoms with Gasteiger partial charge in [0.25, 0.3) is 0 Å². The molecule has 0 radical (unpaired) electrons. The van der Waals surface area contributed by atoms with E-state index >= 15 is 0 Å². The van der Waals surface area contributed by atoms with Gasteiger partial charge in [-0.25, -0.2) is 4.98 Å². The van der Waals surface area contributed by atoms with Gasteiger partial charge in [0, 0.05) is 0 Å². The van der Waals surface area contributed by atoms with Crippen LogP contribution in [0.4, 0.5) is 0 Å². The number of thiazole rings is 1. The molecule has 2 atom stereocenters. The fourth-order valence-electron chi connectivity index (χ4n) is 2.72. The van der Waals surface area contributed by atoms with Crippen LogP contribution in [0.1, 0.15) is 31.0 Å². The third-order valence-corrected chi connectivity index (χ3v) is 5.23. The zero-order chi connectivity index (χ0) is 13.5. The van der Waals surface area contributed by atoms with Crippen molar-refractivity contribution in [3.63, 3.8) is 0 Å². The average molecular weight is 273 g/mol. The molecule has 1 aliphatic carbocycles. The summed E-state index contributed by atoms with van der Waals surface area (Å²) in [6.45, 7) is 4.11. The predicted molar refractivity (Wildman–Crippen MR) is 79.3 cm³/mol. The molecule has 2 aromatic rings. The lowest BCUT2D eigenvalue weighted by molar-refractivity contribution is 0.127. The molecule has 19 heavy (non-hydrogen) atoms. The molecule has 1 aromatic carbocycles. The van der Waals surface area contributed by atoms with Gasteiger partial charge in [-0.05, 0) is 43.2 Å². The van der Waals surface area contributed by atoms with Crippen molar-refractivity contribution in [2.75, 3.05) is 0 Å². The van der Waals surface area contributed by atoms with Gasteiger partial charge in [-0.2, -0.15) is 0 Å². The first-order valence-corrected chi connectivity index (χ1v) is 7.72. The van der Waals surface area contributed by atoms with E-state index < -0.39 is 0 Å². The summed E-state index contributed by atoms with van der Waals surface area (Å²) in [5, 5.41) is 10.1. The third-order valence-electron chi connectivity index (χ3n) is 4.26. The van der Waals surface area contributed by atoms with E-state index in [1.165, 1.54) is 16.0 Å². The van der Waals surface area contributed by atoms with E-state index in [-0.39, 0.29) is 5.60 Å². The number of aliphatic hydroxyl groups is 1. The Labute approximate surface area is 118 Å². The standard InChI is InChI=1S/C16H19NOS/c1-3-16(18)9-14(16)8-12-4-6-13(7-5-12)15-11(2)17-10-19-15/h4-7,10,14,18H,3,8-9H2,1-2H3. The zero-order valence-corrected chi connectivity index (χ0v) is 12.2. The van der Waals surface area contributed by atoms with Gasteiger partial charge in [-0.1, -0.05) is 31.2 Å². The van der Waals surface area contributed by atoms with Crippen molar-refractivity contribution in [2.45, 2.75) is 38.7 Å². The molecule has 1 fully saturated rings. The van der Waals surface area contributed by atoms with Crippen molar-refractivity contribution < 1.29 is 5.11 Å². The highest BCUT2D eigenvalue weighted by Gasteiger charge is 2.50. The lowest BCUT2D eigenvalue weighted by atomic mass is 10.0. The lowest BCUT2D eigenvalue weighted by Gasteiger charge is -2.07. The highest BCUT2D eigenvalue weighted by atomic mass is 32.1. The second kappa shape index (κ2) is 4.73. The van der Waals surface area contributed by atoms with Crippen molar-refractivity contribution in [1.29, 1.82) is 0 Å². The smallest absolute Gasteiger partial charge is 0.0801 e. The summed E-state index contributed by atoms with van der Waals surface area (Å²) in [5.74, 6) is 0.452. The van der Waals surface area contributed by atoms with E-state index in [1.807, 2.05) is 12.4 Å². The zero-order valence-electron chi connectivity index (χ0n) is 11.4. The van der Waals surface area contributed by atoms with E-state index in [4.69, 9.17) is 0 Å². The van der Waals surface area contributed by atoms with Crippen molar-refractivity contribution >= 4 is 11.3 Å². The monoisotopic (exact) mass is 273 g/mol. The molecule has 3 rings (SSSR count). The maximum Gasteiger partial charge on any atom is 0.0801 e. The van der Waals surface area contributed by atoms with E-state index in [0.29, 0.717) is 5.92 Å². The normalized spacial score (nSPS) is 25.5. The van der Waals surface area contributed by atoms with E-state index in [2.05, 4.69) is 36.2 Å². The van der Waals surface area contributed by atoms with Crippen LogP contribution in [0.25, 0.3) is 10.4 Å². The molecule has 1 aromatic heterocycles. The van der Waals surface area contributed by atoms with Gasteiger partial charge in [-0.3, -0.25) is 0 Å². The van der Waals surface area contributed by atoms with Crippen LogP contribution in [0.2, 0.25) is 0 Å². The Balaban J connectivity index is 1.72. The van der Waals surface area contributed by atoms with E-state index in [9.17, 15) is 5.11 Å². The molecule has 2 nitrogen and oxygen atoms in total. The first-order chi connectivity index (χ1) is 9.12. The number of benzene rings is 1. The lowest BCUT2D eigenvalue weighted by Crippen LogP contribution is -2.09. The highest BCUT2D eigenvalue weighted by molar-refractivity contribution is 7.13. The average Bonchev–Trinajstić information content (AvgIpc) is 2.86. The summed E-state index contributed by atoms with van der Waals surface area (Å²) >= 11 is 1.69. The largest absolute Gasteiger partial charge is 0.390 e. The van der Waals surface area contributed by atoms with Crippen molar-refractivity contribution in [2.24, 2.45) is 5.92 Å². The van der Waals surface area contributed by atoms with Crippen LogP contribution in [0.15, 0.2) is 29.8 Å². The Bertz CT molecular complexity index is 575. The van der Waals surface area contributed by atoms with Crippen LogP contribution in [-0.2, 0) is 6.42 Å². The molecule has 0 amide bonds. The van der Waals surface area contributed by atoms with Gasteiger partial charge in [0.2, 0.25) is 0 Å². The van der Waals surface area contributed by atoms with Crippen molar-refractivity contribution in [3.05, 3.63) is 41.0 Å². The molecule has 0 saturated heterocycles. The summed E-state index contributed by atoms with van der Waals surface area (Å²) < 4.78 is 0. The molecule has 1 saturated carbocycles. The van der Waals surface area contributed by atoms with Crippen molar-refractivity contribution in [1.82, 2.24) is 4.98 Å². The van der Waals surface area contributed by atoms with Crippen LogP contribution >= 0.6 is 11.3 Å². The quantitative estimate of drug-likeness (QED) is 0.918. The first-order valence-electron chi connectivity index (χ1n) is 6.84. The molecular weight excluding hydrogens is 254 g/mol. The molecule has 1 heterocycles. The fourth-order valence-corrected chi connectivity index (χ4v) is 3.53. The molecule has 0 bridgehead atoms. The highest BCUT2D eigenvalue weighted by Crippen LogP contribution is 2.47. The fraction of sp³-hybridized carbons (Fsp3) is 0.438. The summed E-state index contributed by atoms with van der Waals surface area (Å²) in [6, 6.07) is 8.71. The number of hydrogen-bond donors (Lipinski definition) is 1. The minimum atomic E-state index is -0.382. The summed E-state index contributed by atoms with van der Waals surface area (Å²) in [4.78, 5) is 5.54. The minimum absolute atomic E-state index is 0.382. The predicted octanol–water partition coefficient (Wildman–Crippen LogP) is 3.82. The Hall–Kier alpha value is -1.19. The minimum Gasteiger partial charge on any atom is -0.390 e. The number of aromatic nitrogens is 1. The number of rotatable bonds is 4. The molecule has 2 unspecified atom stereocenters. The van der Waals surface area contributed by atoms with E-state index in [0.717, 1.165) is 25.0 Å². The van der Waals surface area contributed by atoms with Gasteiger partial charge in [0.15, 0.2) is 0 Å². The Morgan fingerprint density at radius 3 is 2.63 bits per heavy atom. The van der Waals surface area contributed by atoms with Gasteiger partial charge in [-0.15, -0.1) is 11.3 Å². The molecule has 0 spiro atoms. The topological polar surface area (TPSA) is 33.1 Å². The maximum absolute atomic E-state index is 10.1. The van der Waals surface area contributed by atoms with Crippen molar-refractivity contribution in [3.8, 4) is 10.4 Å². The molecule has 0 aliphatic heterocycles. The van der Waals surface area contributed by atoms with Crippen LogP contribution in [0.5, 0.6) is 0 Å². The second-order valence-corrected chi connectivity index (χ2v) is 6.38. The molecule has 1 N–H and O–H groups in total. The summed E-state index contributed by atoms with van der Waals surface area (Å²) in [7, 11) is 0. The maximum atomic E-state index is 10.1. The van der Waals surface area contributed by atoms with Gasteiger partial charge in [0.05, 0.1) is 21.7 Å². The second-order valence-electron chi connectivity index (χ2n) is 5.53. The number of hydrogen-bond acceptors (Lipinski definition) is 3. The number of aryl methyl sites for hydroxylation is 1. The Morgan fingerprint density at radius 2 is 2.11 bits per heavy atom.